The van der Waals surface area contributed by atoms with E-state index in [1.54, 1.807) is 25.3 Å². The maximum Gasteiger partial charge on any atom is 0.150 e. The van der Waals surface area contributed by atoms with Crippen LogP contribution in [-0.2, 0) is 16.4 Å². The van der Waals surface area contributed by atoms with Crippen LogP contribution in [0.3, 0.4) is 0 Å². The van der Waals surface area contributed by atoms with Crippen molar-refractivity contribution in [3.8, 4) is 11.5 Å². The molecule has 5 nitrogen and oxygen atoms in total. The van der Waals surface area contributed by atoms with Gasteiger partial charge in [0.15, 0.2) is 9.84 Å². The zero-order chi connectivity index (χ0) is 12.9. The Bertz CT molecular complexity index is 470. The predicted octanol–water partition coefficient (Wildman–Crippen LogP) is 0.577. The zero-order valence-electron chi connectivity index (χ0n) is 9.97. The molecule has 0 fully saturated rings. The SMILES string of the molecule is COc1ccc(OCCS(C)(=O)=O)c(CN)c1. The number of nitrogens with two attached hydrogens (primary N) is 1. The number of sulfone groups is 1. The van der Waals surface area contributed by atoms with Gasteiger partial charge in [0.05, 0.1) is 12.9 Å². The van der Waals surface area contributed by atoms with E-state index in [1.165, 1.54) is 6.26 Å². The Morgan fingerprint density at radius 2 is 2.06 bits per heavy atom. The molecular weight excluding hydrogens is 242 g/mol. The fourth-order valence-corrected chi connectivity index (χ4v) is 1.67. The molecule has 17 heavy (non-hydrogen) atoms. The van der Waals surface area contributed by atoms with Crippen LogP contribution in [0, 0.1) is 0 Å². The van der Waals surface area contributed by atoms with E-state index >= 15 is 0 Å². The summed E-state index contributed by atoms with van der Waals surface area (Å²) < 4.78 is 32.4. The molecule has 0 unspecified atom stereocenters. The van der Waals surface area contributed by atoms with Gasteiger partial charge in [0, 0.05) is 18.4 Å². The van der Waals surface area contributed by atoms with Gasteiger partial charge in [-0.15, -0.1) is 0 Å². The van der Waals surface area contributed by atoms with Gasteiger partial charge in [-0.25, -0.2) is 8.42 Å². The maximum absolute atomic E-state index is 11.0. The van der Waals surface area contributed by atoms with Gasteiger partial charge in [0.2, 0.25) is 0 Å². The van der Waals surface area contributed by atoms with Gasteiger partial charge in [-0.05, 0) is 18.2 Å². The monoisotopic (exact) mass is 259 g/mol. The third-order valence-electron chi connectivity index (χ3n) is 2.20. The molecule has 1 rings (SSSR count). The third-order valence-corrected chi connectivity index (χ3v) is 3.11. The van der Waals surface area contributed by atoms with E-state index in [-0.39, 0.29) is 12.4 Å². The highest BCUT2D eigenvalue weighted by atomic mass is 32.2. The normalized spacial score (nSPS) is 11.2. The summed E-state index contributed by atoms with van der Waals surface area (Å²) in [5, 5.41) is 0. The first-order valence-corrected chi connectivity index (χ1v) is 7.20. The van der Waals surface area contributed by atoms with Crippen LogP contribution in [0.1, 0.15) is 5.56 Å². The minimum atomic E-state index is -3.01. The summed E-state index contributed by atoms with van der Waals surface area (Å²) in [6, 6.07) is 5.24. The molecule has 0 aliphatic rings. The van der Waals surface area contributed by atoms with E-state index in [9.17, 15) is 8.42 Å². The highest BCUT2D eigenvalue weighted by molar-refractivity contribution is 7.90. The second-order valence-electron chi connectivity index (χ2n) is 3.66. The summed E-state index contributed by atoms with van der Waals surface area (Å²) in [4.78, 5) is 0. The minimum Gasteiger partial charge on any atom is -0.497 e. The molecule has 0 aromatic heterocycles. The molecule has 0 saturated heterocycles. The number of methoxy groups -OCH3 is 1. The lowest BCUT2D eigenvalue weighted by Crippen LogP contribution is -2.13. The summed E-state index contributed by atoms with van der Waals surface area (Å²) >= 11 is 0. The lowest BCUT2D eigenvalue weighted by atomic mass is 10.2. The molecule has 0 amide bonds. The molecule has 0 aliphatic carbocycles. The number of benzene rings is 1. The average molecular weight is 259 g/mol. The van der Waals surface area contributed by atoms with Crippen LogP contribution in [0.2, 0.25) is 0 Å². The lowest BCUT2D eigenvalue weighted by molar-refractivity contribution is 0.336. The molecule has 0 atom stereocenters. The quantitative estimate of drug-likeness (QED) is 0.808. The van der Waals surface area contributed by atoms with Crippen LogP contribution in [-0.4, -0.2) is 34.1 Å². The Morgan fingerprint density at radius 1 is 1.35 bits per heavy atom. The second-order valence-corrected chi connectivity index (χ2v) is 5.92. The van der Waals surface area contributed by atoms with Crippen molar-refractivity contribution < 1.29 is 17.9 Å². The summed E-state index contributed by atoms with van der Waals surface area (Å²) in [5.41, 5.74) is 6.37. The molecule has 6 heteroatoms. The molecule has 1 aromatic rings. The first-order valence-electron chi connectivity index (χ1n) is 5.14. The van der Waals surface area contributed by atoms with E-state index in [0.29, 0.717) is 18.0 Å². The molecule has 1 aromatic carbocycles. The zero-order valence-corrected chi connectivity index (χ0v) is 10.8. The van der Waals surface area contributed by atoms with Gasteiger partial charge < -0.3 is 15.2 Å². The molecule has 0 spiro atoms. The molecule has 0 saturated carbocycles. The van der Waals surface area contributed by atoms with Crippen molar-refractivity contribution in [1.82, 2.24) is 0 Å². The van der Waals surface area contributed by atoms with Crippen molar-refractivity contribution in [2.45, 2.75) is 6.54 Å². The van der Waals surface area contributed by atoms with Gasteiger partial charge in [0.25, 0.3) is 0 Å². The summed E-state index contributed by atoms with van der Waals surface area (Å²) in [5.74, 6) is 1.28. The fourth-order valence-electron chi connectivity index (χ4n) is 1.29. The molecule has 0 radical (unpaired) electrons. The van der Waals surface area contributed by atoms with Crippen LogP contribution in [0.25, 0.3) is 0 Å². The third kappa shape index (κ3) is 4.62. The molecular formula is C11H17NO4S. The number of rotatable bonds is 6. The van der Waals surface area contributed by atoms with E-state index in [4.69, 9.17) is 15.2 Å². The van der Waals surface area contributed by atoms with Crippen molar-refractivity contribution >= 4 is 9.84 Å². The average Bonchev–Trinajstić information content (AvgIpc) is 2.27. The van der Waals surface area contributed by atoms with E-state index in [0.717, 1.165) is 5.56 Å². The topological polar surface area (TPSA) is 78.6 Å². The highest BCUT2D eigenvalue weighted by Crippen LogP contribution is 2.23. The van der Waals surface area contributed by atoms with Gasteiger partial charge in [0.1, 0.15) is 18.1 Å². The summed E-state index contributed by atoms with van der Waals surface area (Å²) in [6.07, 6.45) is 1.17. The summed E-state index contributed by atoms with van der Waals surface area (Å²) in [6.45, 7) is 0.434. The number of ether oxygens (including phenoxy) is 2. The fraction of sp³-hybridized carbons (Fsp3) is 0.455. The molecule has 0 heterocycles. The van der Waals surface area contributed by atoms with E-state index in [2.05, 4.69) is 0 Å². The Kier molecular flexibility index (Phi) is 4.77. The van der Waals surface area contributed by atoms with Crippen LogP contribution in [0.4, 0.5) is 0 Å². The Morgan fingerprint density at radius 3 is 2.59 bits per heavy atom. The smallest absolute Gasteiger partial charge is 0.150 e. The standard InChI is InChI=1S/C11H17NO4S/c1-15-10-3-4-11(9(7-10)8-12)16-5-6-17(2,13)14/h3-4,7H,5-6,8,12H2,1-2H3. The van der Waals surface area contributed by atoms with Crippen molar-refractivity contribution in [2.24, 2.45) is 5.73 Å². The predicted molar refractivity (Wildman–Crippen MR) is 66.1 cm³/mol. The number of hydrogen-bond acceptors (Lipinski definition) is 5. The van der Waals surface area contributed by atoms with Gasteiger partial charge >= 0.3 is 0 Å². The summed E-state index contributed by atoms with van der Waals surface area (Å²) in [7, 11) is -1.44. The lowest BCUT2D eigenvalue weighted by Gasteiger charge is -2.11. The first-order chi connectivity index (χ1) is 7.96. The van der Waals surface area contributed by atoms with Crippen molar-refractivity contribution in [3.63, 3.8) is 0 Å². The van der Waals surface area contributed by atoms with Gasteiger partial charge in [-0.1, -0.05) is 0 Å². The minimum absolute atomic E-state index is 0.0109. The van der Waals surface area contributed by atoms with Crippen molar-refractivity contribution in [1.29, 1.82) is 0 Å². The maximum atomic E-state index is 11.0. The van der Waals surface area contributed by atoms with Gasteiger partial charge in [-0.3, -0.25) is 0 Å². The van der Waals surface area contributed by atoms with E-state index < -0.39 is 9.84 Å². The number of hydrogen-bond donors (Lipinski definition) is 1. The largest absolute Gasteiger partial charge is 0.497 e. The van der Waals surface area contributed by atoms with Gasteiger partial charge in [-0.2, -0.15) is 0 Å². The Balaban J connectivity index is 2.70. The Hall–Kier alpha value is -1.27. The Labute approximate surface area is 101 Å². The van der Waals surface area contributed by atoms with E-state index in [1.807, 2.05) is 0 Å². The second kappa shape index (κ2) is 5.88. The molecule has 0 bridgehead atoms. The van der Waals surface area contributed by atoms with Crippen molar-refractivity contribution in [3.05, 3.63) is 23.8 Å². The highest BCUT2D eigenvalue weighted by Gasteiger charge is 2.06. The molecule has 0 aliphatic heterocycles. The first kappa shape index (κ1) is 13.8. The van der Waals surface area contributed by atoms with Crippen LogP contribution >= 0.6 is 0 Å². The van der Waals surface area contributed by atoms with Crippen molar-refractivity contribution in [2.75, 3.05) is 25.7 Å². The van der Waals surface area contributed by atoms with Crippen LogP contribution in [0.5, 0.6) is 11.5 Å². The molecule has 2 N–H and O–H groups in total. The van der Waals surface area contributed by atoms with Crippen LogP contribution in [0.15, 0.2) is 18.2 Å². The molecule has 96 valence electrons. The van der Waals surface area contributed by atoms with Crippen LogP contribution < -0.4 is 15.2 Å².